The van der Waals surface area contributed by atoms with E-state index in [0.29, 0.717) is 30.2 Å². The third kappa shape index (κ3) is 3.01. The normalized spacial score (nSPS) is 16.0. The molecule has 0 aliphatic carbocycles. The number of ether oxygens (including phenoxy) is 1. The molecule has 1 N–H and O–H groups in total. The first kappa shape index (κ1) is 15.4. The van der Waals surface area contributed by atoms with E-state index in [1.807, 2.05) is 61.5 Å². The van der Waals surface area contributed by atoms with Gasteiger partial charge in [-0.05, 0) is 25.0 Å². The Morgan fingerprint density at radius 2 is 1.88 bits per heavy atom. The number of rotatable bonds is 3. The van der Waals surface area contributed by atoms with Crippen LogP contribution in [-0.2, 0) is 11.2 Å². The zero-order chi connectivity index (χ0) is 17.2. The lowest BCUT2D eigenvalue weighted by Gasteiger charge is -2.24. The molecule has 0 radical (unpaired) electrons. The Morgan fingerprint density at radius 1 is 1.12 bits per heavy atom. The van der Waals surface area contributed by atoms with E-state index in [1.165, 1.54) is 0 Å². The largest absolute Gasteiger partial charge is 0.492 e. The van der Waals surface area contributed by atoms with Crippen molar-refractivity contribution in [2.75, 3.05) is 11.9 Å². The molecule has 0 fully saturated rings. The fraction of sp³-hybridized carbons (Fsp3) is 0.200. The maximum atomic E-state index is 12.8. The summed E-state index contributed by atoms with van der Waals surface area (Å²) in [5.41, 5.74) is 3.21. The zero-order valence-corrected chi connectivity index (χ0v) is 13.9. The molecule has 25 heavy (non-hydrogen) atoms. The van der Waals surface area contributed by atoms with Gasteiger partial charge < -0.3 is 14.6 Å². The quantitative estimate of drug-likeness (QED) is 0.790. The SMILES string of the molecule is Cc1noc(-c2ccccc2)c1NC(=O)[C@H]1COc2ccccc2C1. The highest BCUT2D eigenvalue weighted by Crippen LogP contribution is 2.32. The molecule has 0 bridgehead atoms. The number of benzene rings is 2. The van der Waals surface area contributed by atoms with Crippen LogP contribution >= 0.6 is 0 Å². The van der Waals surface area contributed by atoms with Crippen molar-refractivity contribution in [3.05, 3.63) is 65.9 Å². The second-order valence-corrected chi connectivity index (χ2v) is 6.15. The number of carbonyl (C=O) groups excluding carboxylic acids is 1. The molecule has 1 aromatic heterocycles. The second-order valence-electron chi connectivity index (χ2n) is 6.15. The number of amides is 1. The second kappa shape index (κ2) is 6.43. The number of hydrogen-bond donors (Lipinski definition) is 1. The number of aromatic nitrogens is 1. The highest BCUT2D eigenvalue weighted by molar-refractivity contribution is 5.96. The lowest BCUT2D eigenvalue weighted by atomic mass is 9.96. The minimum Gasteiger partial charge on any atom is -0.492 e. The highest BCUT2D eigenvalue weighted by atomic mass is 16.5. The third-order valence-corrected chi connectivity index (χ3v) is 4.40. The number of fused-ring (bicyclic) bond motifs is 1. The van der Waals surface area contributed by atoms with Crippen LogP contribution in [0.4, 0.5) is 5.69 Å². The Kier molecular flexibility index (Phi) is 3.98. The van der Waals surface area contributed by atoms with Gasteiger partial charge in [-0.3, -0.25) is 4.79 Å². The van der Waals surface area contributed by atoms with Gasteiger partial charge in [0.1, 0.15) is 23.7 Å². The van der Waals surface area contributed by atoms with Crippen molar-refractivity contribution < 1.29 is 14.1 Å². The Labute approximate surface area is 145 Å². The van der Waals surface area contributed by atoms with Gasteiger partial charge in [-0.2, -0.15) is 0 Å². The maximum Gasteiger partial charge on any atom is 0.231 e. The molecule has 0 unspecified atom stereocenters. The van der Waals surface area contributed by atoms with Gasteiger partial charge in [0, 0.05) is 5.56 Å². The third-order valence-electron chi connectivity index (χ3n) is 4.40. The van der Waals surface area contributed by atoms with Crippen LogP contribution in [0, 0.1) is 12.8 Å². The number of para-hydroxylation sites is 1. The van der Waals surface area contributed by atoms with Gasteiger partial charge >= 0.3 is 0 Å². The average Bonchev–Trinajstić information content (AvgIpc) is 3.02. The van der Waals surface area contributed by atoms with Crippen molar-refractivity contribution in [1.29, 1.82) is 0 Å². The van der Waals surface area contributed by atoms with E-state index in [2.05, 4.69) is 10.5 Å². The van der Waals surface area contributed by atoms with E-state index in [0.717, 1.165) is 16.9 Å². The van der Waals surface area contributed by atoms with E-state index >= 15 is 0 Å². The predicted molar refractivity (Wildman–Crippen MR) is 94.4 cm³/mol. The molecule has 0 saturated carbocycles. The fourth-order valence-corrected chi connectivity index (χ4v) is 3.03. The van der Waals surface area contributed by atoms with Crippen LogP contribution in [0.25, 0.3) is 11.3 Å². The van der Waals surface area contributed by atoms with Crippen molar-refractivity contribution in [3.8, 4) is 17.1 Å². The molecular weight excluding hydrogens is 316 g/mol. The Morgan fingerprint density at radius 3 is 2.72 bits per heavy atom. The lowest BCUT2D eigenvalue weighted by Crippen LogP contribution is -2.32. The van der Waals surface area contributed by atoms with Crippen molar-refractivity contribution in [2.24, 2.45) is 5.92 Å². The number of anilines is 1. The predicted octanol–water partition coefficient (Wildman–Crippen LogP) is 3.84. The average molecular weight is 334 g/mol. The molecule has 126 valence electrons. The summed E-state index contributed by atoms with van der Waals surface area (Å²) in [5.74, 6) is 1.10. The standard InChI is InChI=1S/C20H18N2O3/c1-13-18(19(25-22-13)14-7-3-2-4-8-14)21-20(23)16-11-15-9-5-6-10-17(15)24-12-16/h2-10,16H,11-12H2,1H3,(H,21,23)/t16-/m1/s1. The summed E-state index contributed by atoms with van der Waals surface area (Å²) in [5, 5.41) is 6.99. The van der Waals surface area contributed by atoms with Crippen LogP contribution in [0.2, 0.25) is 0 Å². The molecule has 0 saturated heterocycles. The number of aryl methyl sites for hydroxylation is 1. The van der Waals surface area contributed by atoms with Crippen molar-refractivity contribution in [1.82, 2.24) is 5.16 Å². The van der Waals surface area contributed by atoms with Crippen LogP contribution in [0.3, 0.4) is 0 Å². The van der Waals surface area contributed by atoms with Crippen LogP contribution in [0.1, 0.15) is 11.3 Å². The van der Waals surface area contributed by atoms with E-state index in [1.54, 1.807) is 0 Å². The van der Waals surface area contributed by atoms with E-state index in [9.17, 15) is 4.79 Å². The van der Waals surface area contributed by atoms with Crippen molar-refractivity contribution >= 4 is 11.6 Å². The van der Waals surface area contributed by atoms with Gasteiger partial charge in [0.05, 0.1) is 5.92 Å². The van der Waals surface area contributed by atoms with Crippen molar-refractivity contribution in [3.63, 3.8) is 0 Å². The Bertz CT molecular complexity index is 902. The molecule has 1 aliphatic heterocycles. The van der Waals surface area contributed by atoms with Gasteiger partial charge in [-0.25, -0.2) is 0 Å². The summed E-state index contributed by atoms with van der Waals surface area (Å²) < 4.78 is 11.2. The molecule has 0 spiro atoms. The molecule has 2 heterocycles. The van der Waals surface area contributed by atoms with Gasteiger partial charge in [-0.15, -0.1) is 0 Å². The smallest absolute Gasteiger partial charge is 0.231 e. The summed E-state index contributed by atoms with van der Waals surface area (Å²) in [7, 11) is 0. The summed E-state index contributed by atoms with van der Waals surface area (Å²) in [6.07, 6.45) is 0.660. The van der Waals surface area contributed by atoms with Gasteiger partial charge in [0.15, 0.2) is 5.76 Å². The fourth-order valence-electron chi connectivity index (χ4n) is 3.03. The Balaban J connectivity index is 1.55. The van der Waals surface area contributed by atoms with Gasteiger partial charge in [-0.1, -0.05) is 53.7 Å². The molecule has 1 aliphatic rings. The van der Waals surface area contributed by atoms with Gasteiger partial charge in [0.2, 0.25) is 5.91 Å². The van der Waals surface area contributed by atoms with E-state index in [4.69, 9.17) is 9.26 Å². The molecule has 3 aromatic rings. The summed E-state index contributed by atoms with van der Waals surface area (Å²) in [6.45, 7) is 2.19. The summed E-state index contributed by atoms with van der Waals surface area (Å²) in [4.78, 5) is 12.8. The molecular formula is C20H18N2O3. The zero-order valence-electron chi connectivity index (χ0n) is 13.9. The minimum absolute atomic E-state index is 0.0852. The number of carbonyl (C=O) groups is 1. The first-order chi connectivity index (χ1) is 12.2. The number of nitrogens with one attached hydrogen (secondary N) is 1. The minimum atomic E-state index is -0.243. The van der Waals surface area contributed by atoms with E-state index < -0.39 is 0 Å². The topological polar surface area (TPSA) is 64.4 Å². The lowest BCUT2D eigenvalue weighted by molar-refractivity contribution is -0.121. The van der Waals surface area contributed by atoms with Crippen LogP contribution in [0.5, 0.6) is 5.75 Å². The summed E-state index contributed by atoms with van der Waals surface area (Å²) in [6, 6.07) is 17.4. The summed E-state index contributed by atoms with van der Waals surface area (Å²) >= 11 is 0. The molecule has 2 aromatic carbocycles. The van der Waals surface area contributed by atoms with Crippen molar-refractivity contribution in [2.45, 2.75) is 13.3 Å². The first-order valence-corrected chi connectivity index (χ1v) is 8.25. The molecule has 4 rings (SSSR count). The van der Waals surface area contributed by atoms with Crippen LogP contribution in [-0.4, -0.2) is 17.7 Å². The van der Waals surface area contributed by atoms with E-state index in [-0.39, 0.29) is 11.8 Å². The van der Waals surface area contributed by atoms with Gasteiger partial charge in [0.25, 0.3) is 0 Å². The number of hydrogen-bond acceptors (Lipinski definition) is 4. The molecule has 1 atom stereocenters. The maximum absolute atomic E-state index is 12.8. The van der Waals surface area contributed by atoms with Crippen LogP contribution in [0.15, 0.2) is 59.1 Å². The molecule has 5 nitrogen and oxygen atoms in total. The Hall–Kier alpha value is -3.08. The monoisotopic (exact) mass is 334 g/mol. The van der Waals surface area contributed by atoms with Crippen LogP contribution < -0.4 is 10.1 Å². The number of nitrogens with zero attached hydrogens (tertiary/aromatic N) is 1. The molecule has 5 heteroatoms. The molecule has 1 amide bonds. The first-order valence-electron chi connectivity index (χ1n) is 8.25. The highest BCUT2D eigenvalue weighted by Gasteiger charge is 2.27.